The molecule has 2 aromatic heterocycles. The molecular formula is C18H21N3OS. The lowest BCUT2D eigenvalue weighted by Crippen LogP contribution is -2.02. The molecule has 3 aromatic rings. The van der Waals surface area contributed by atoms with E-state index in [1.165, 1.54) is 4.88 Å². The van der Waals surface area contributed by atoms with Crippen molar-refractivity contribution in [1.82, 2.24) is 9.97 Å². The molecule has 120 valence electrons. The normalized spacial score (nSPS) is 11.2. The van der Waals surface area contributed by atoms with E-state index in [2.05, 4.69) is 32.2 Å². The Hall–Kier alpha value is -2.14. The number of rotatable bonds is 5. The summed E-state index contributed by atoms with van der Waals surface area (Å²) in [7, 11) is 1.67. The third-order valence-corrected chi connectivity index (χ3v) is 4.85. The summed E-state index contributed by atoms with van der Waals surface area (Å²) in [5, 5.41) is 4.52. The zero-order valence-corrected chi connectivity index (χ0v) is 14.7. The Labute approximate surface area is 140 Å². The van der Waals surface area contributed by atoms with Crippen LogP contribution in [0.4, 0.5) is 11.5 Å². The van der Waals surface area contributed by atoms with Gasteiger partial charge in [0.1, 0.15) is 22.2 Å². The predicted molar refractivity (Wildman–Crippen MR) is 97.2 cm³/mol. The van der Waals surface area contributed by atoms with Gasteiger partial charge in [0.15, 0.2) is 0 Å². The summed E-state index contributed by atoms with van der Waals surface area (Å²) in [6.45, 7) is 6.40. The Kier molecular flexibility index (Phi) is 4.48. The Bertz CT molecular complexity index is 809. The summed E-state index contributed by atoms with van der Waals surface area (Å²) >= 11 is 1.75. The smallest absolute Gasteiger partial charge is 0.142 e. The molecule has 0 aliphatic carbocycles. The second kappa shape index (κ2) is 6.54. The molecule has 1 aromatic carbocycles. The van der Waals surface area contributed by atoms with E-state index in [-0.39, 0.29) is 0 Å². The van der Waals surface area contributed by atoms with Crippen LogP contribution in [0.25, 0.3) is 10.2 Å². The van der Waals surface area contributed by atoms with Gasteiger partial charge in [0, 0.05) is 16.5 Å². The first-order chi connectivity index (χ1) is 11.1. The Balaban J connectivity index is 2.04. The predicted octanol–water partition coefficient (Wildman–Crippen LogP) is 5.13. The second-order valence-electron chi connectivity index (χ2n) is 5.72. The Morgan fingerprint density at radius 3 is 2.52 bits per heavy atom. The maximum absolute atomic E-state index is 5.21. The standard InChI is InChI=1S/C18H21N3OS/c1-5-14-10-15-17(19-12-6-8-13(22-4)9-7-12)20-16(11(2)3)21-18(15)23-14/h6-11H,5H2,1-4H3,(H,19,20,21). The van der Waals surface area contributed by atoms with Crippen molar-refractivity contribution < 1.29 is 4.74 Å². The van der Waals surface area contributed by atoms with Crippen LogP contribution in [0.15, 0.2) is 30.3 Å². The van der Waals surface area contributed by atoms with Crippen LogP contribution < -0.4 is 10.1 Å². The van der Waals surface area contributed by atoms with Gasteiger partial charge in [-0.1, -0.05) is 20.8 Å². The summed E-state index contributed by atoms with van der Waals surface area (Å²) in [5.74, 6) is 2.89. The first-order valence-electron chi connectivity index (χ1n) is 7.82. The molecule has 2 heterocycles. The monoisotopic (exact) mass is 327 g/mol. The molecule has 4 nitrogen and oxygen atoms in total. The molecule has 0 saturated heterocycles. The van der Waals surface area contributed by atoms with Crippen LogP contribution in [-0.2, 0) is 6.42 Å². The van der Waals surface area contributed by atoms with Gasteiger partial charge >= 0.3 is 0 Å². The third kappa shape index (κ3) is 3.29. The van der Waals surface area contributed by atoms with Gasteiger partial charge in [0.05, 0.1) is 12.5 Å². The lowest BCUT2D eigenvalue weighted by molar-refractivity contribution is 0.415. The van der Waals surface area contributed by atoms with Gasteiger partial charge in [-0.05, 0) is 36.8 Å². The molecule has 1 N–H and O–H groups in total. The van der Waals surface area contributed by atoms with E-state index in [1.54, 1.807) is 18.4 Å². The lowest BCUT2D eigenvalue weighted by atomic mass is 10.2. The van der Waals surface area contributed by atoms with Gasteiger partial charge < -0.3 is 10.1 Å². The number of aromatic nitrogens is 2. The summed E-state index contributed by atoms with van der Waals surface area (Å²) in [6.07, 6.45) is 1.01. The number of methoxy groups -OCH3 is 1. The van der Waals surface area contributed by atoms with Gasteiger partial charge in [-0.25, -0.2) is 9.97 Å². The number of hydrogen-bond donors (Lipinski definition) is 1. The summed E-state index contributed by atoms with van der Waals surface area (Å²) in [5.41, 5.74) is 0.991. The number of hydrogen-bond acceptors (Lipinski definition) is 5. The van der Waals surface area contributed by atoms with Crippen molar-refractivity contribution >= 4 is 33.1 Å². The molecule has 0 bridgehead atoms. The Morgan fingerprint density at radius 2 is 1.91 bits per heavy atom. The second-order valence-corrected chi connectivity index (χ2v) is 6.84. The van der Waals surface area contributed by atoms with Crippen molar-refractivity contribution in [2.75, 3.05) is 12.4 Å². The molecule has 23 heavy (non-hydrogen) atoms. The molecule has 0 aliphatic rings. The minimum atomic E-state index is 0.294. The SMILES string of the molecule is CCc1cc2c(Nc3ccc(OC)cc3)nc(C(C)C)nc2s1. The van der Waals surface area contributed by atoms with Gasteiger partial charge in [-0.3, -0.25) is 0 Å². The number of benzene rings is 1. The molecule has 0 fully saturated rings. The zero-order valence-electron chi connectivity index (χ0n) is 13.9. The fourth-order valence-electron chi connectivity index (χ4n) is 2.33. The molecular weight excluding hydrogens is 306 g/mol. The maximum atomic E-state index is 5.21. The number of fused-ring (bicyclic) bond motifs is 1. The number of aryl methyl sites for hydroxylation is 1. The average Bonchev–Trinajstić information content (AvgIpc) is 2.99. The molecule has 0 unspecified atom stereocenters. The largest absolute Gasteiger partial charge is 0.497 e. The lowest BCUT2D eigenvalue weighted by Gasteiger charge is -2.11. The van der Waals surface area contributed by atoms with E-state index < -0.39 is 0 Å². The first kappa shape index (κ1) is 15.7. The number of anilines is 2. The van der Waals surface area contributed by atoms with Crippen LogP contribution in [0, 0.1) is 0 Å². The van der Waals surface area contributed by atoms with Crippen molar-refractivity contribution in [3.63, 3.8) is 0 Å². The van der Waals surface area contributed by atoms with E-state index in [9.17, 15) is 0 Å². The van der Waals surface area contributed by atoms with Crippen molar-refractivity contribution in [2.24, 2.45) is 0 Å². The first-order valence-corrected chi connectivity index (χ1v) is 8.63. The highest BCUT2D eigenvalue weighted by Crippen LogP contribution is 2.32. The topological polar surface area (TPSA) is 47.0 Å². The van der Waals surface area contributed by atoms with Crippen molar-refractivity contribution in [1.29, 1.82) is 0 Å². The quantitative estimate of drug-likeness (QED) is 0.706. The molecule has 0 spiro atoms. The molecule has 0 amide bonds. The number of thiophene rings is 1. The van der Waals surface area contributed by atoms with Crippen molar-refractivity contribution in [3.8, 4) is 5.75 Å². The minimum Gasteiger partial charge on any atom is -0.497 e. The summed E-state index contributed by atoms with van der Waals surface area (Å²) in [4.78, 5) is 11.8. The summed E-state index contributed by atoms with van der Waals surface area (Å²) < 4.78 is 5.21. The van der Waals surface area contributed by atoms with E-state index in [1.807, 2.05) is 24.3 Å². The van der Waals surface area contributed by atoms with E-state index >= 15 is 0 Å². The van der Waals surface area contributed by atoms with E-state index in [0.29, 0.717) is 5.92 Å². The fourth-order valence-corrected chi connectivity index (χ4v) is 3.30. The molecule has 0 aliphatic heterocycles. The van der Waals surface area contributed by atoms with E-state index in [0.717, 1.165) is 39.7 Å². The minimum absolute atomic E-state index is 0.294. The van der Waals surface area contributed by atoms with Crippen LogP contribution in [0.5, 0.6) is 5.75 Å². The van der Waals surface area contributed by atoms with Crippen LogP contribution in [0.1, 0.15) is 37.4 Å². The van der Waals surface area contributed by atoms with Gasteiger partial charge in [-0.15, -0.1) is 11.3 Å². The number of nitrogens with one attached hydrogen (secondary N) is 1. The maximum Gasteiger partial charge on any atom is 0.142 e. The molecule has 0 radical (unpaired) electrons. The fraction of sp³-hybridized carbons (Fsp3) is 0.333. The highest BCUT2D eigenvalue weighted by atomic mass is 32.1. The van der Waals surface area contributed by atoms with Crippen molar-refractivity contribution in [3.05, 3.63) is 41.0 Å². The van der Waals surface area contributed by atoms with Crippen LogP contribution in [-0.4, -0.2) is 17.1 Å². The number of ether oxygens (including phenoxy) is 1. The van der Waals surface area contributed by atoms with Crippen molar-refractivity contribution in [2.45, 2.75) is 33.1 Å². The summed E-state index contributed by atoms with van der Waals surface area (Å²) in [6, 6.07) is 10.1. The molecule has 0 saturated carbocycles. The number of nitrogens with zero attached hydrogens (tertiary/aromatic N) is 2. The third-order valence-electron chi connectivity index (χ3n) is 3.68. The molecule has 3 rings (SSSR count). The van der Waals surface area contributed by atoms with Crippen LogP contribution >= 0.6 is 11.3 Å². The van der Waals surface area contributed by atoms with Gasteiger partial charge in [0.25, 0.3) is 0 Å². The highest BCUT2D eigenvalue weighted by molar-refractivity contribution is 7.18. The van der Waals surface area contributed by atoms with Crippen LogP contribution in [0.2, 0.25) is 0 Å². The molecule has 5 heteroatoms. The zero-order chi connectivity index (χ0) is 16.4. The van der Waals surface area contributed by atoms with Gasteiger partial charge in [0.2, 0.25) is 0 Å². The van der Waals surface area contributed by atoms with Crippen LogP contribution in [0.3, 0.4) is 0 Å². The molecule has 0 atom stereocenters. The Morgan fingerprint density at radius 1 is 1.17 bits per heavy atom. The van der Waals surface area contributed by atoms with Gasteiger partial charge in [-0.2, -0.15) is 0 Å². The average molecular weight is 327 g/mol. The highest BCUT2D eigenvalue weighted by Gasteiger charge is 2.13. The van der Waals surface area contributed by atoms with E-state index in [4.69, 9.17) is 14.7 Å².